The minimum Gasteiger partial charge on any atom is -0.496 e. The zero-order valence-electron chi connectivity index (χ0n) is 17.8. The number of piperidine rings is 1. The minimum absolute atomic E-state index is 0.0945. The molecule has 4 nitrogen and oxygen atoms in total. The molecule has 160 valence electrons. The monoisotopic (exact) mass is 434 g/mol. The molecule has 3 aromatic carbocycles. The third-order valence-electron chi connectivity index (χ3n) is 5.78. The third-order valence-corrected chi connectivity index (χ3v) is 6.02. The van der Waals surface area contributed by atoms with E-state index in [1.807, 2.05) is 77.7 Å². The summed E-state index contributed by atoms with van der Waals surface area (Å²) in [7, 11) is 1.67. The second kappa shape index (κ2) is 9.54. The van der Waals surface area contributed by atoms with E-state index in [1.54, 1.807) is 7.11 Å². The lowest BCUT2D eigenvalue weighted by Gasteiger charge is -2.35. The molecule has 31 heavy (non-hydrogen) atoms. The summed E-state index contributed by atoms with van der Waals surface area (Å²) in [5, 5.41) is 4.28. The average molecular weight is 435 g/mol. The second-order valence-corrected chi connectivity index (χ2v) is 8.35. The fourth-order valence-electron chi connectivity index (χ4n) is 4.17. The highest BCUT2D eigenvalue weighted by Gasteiger charge is 2.32. The van der Waals surface area contributed by atoms with Gasteiger partial charge in [0.25, 0.3) is 0 Å². The number of nitrogens with one attached hydrogen (secondary N) is 1. The molecule has 1 heterocycles. The molecule has 4 rings (SSSR count). The number of aryl methyl sites for hydroxylation is 1. The number of halogens is 1. The Kier molecular flexibility index (Phi) is 6.59. The number of carbonyl (C=O) groups is 1. The van der Waals surface area contributed by atoms with Gasteiger partial charge < -0.3 is 9.64 Å². The van der Waals surface area contributed by atoms with Crippen LogP contribution in [0.4, 0.5) is 5.69 Å². The summed E-state index contributed by atoms with van der Waals surface area (Å²) in [6.45, 7) is 2.78. The summed E-state index contributed by atoms with van der Waals surface area (Å²) in [5.74, 6) is 0.871. The first-order valence-corrected chi connectivity index (χ1v) is 11.0. The number of methoxy groups -OCH3 is 1. The van der Waals surface area contributed by atoms with E-state index in [2.05, 4.69) is 12.2 Å². The maximum absolute atomic E-state index is 13.4. The molecular weight excluding hydrogens is 408 g/mol. The fraction of sp³-hybridized carbons (Fsp3) is 0.269. The van der Waals surface area contributed by atoms with Gasteiger partial charge in [-0.1, -0.05) is 59.6 Å². The van der Waals surface area contributed by atoms with Crippen LogP contribution in [-0.4, -0.2) is 25.6 Å². The lowest BCUT2D eigenvalue weighted by molar-refractivity contribution is -0.121. The number of nitrogens with zero attached hydrogens (tertiary/aromatic N) is 1. The molecule has 0 saturated carbocycles. The van der Waals surface area contributed by atoms with Crippen LogP contribution in [-0.2, 0) is 4.79 Å². The van der Waals surface area contributed by atoms with Crippen molar-refractivity contribution in [3.8, 4) is 5.75 Å². The molecule has 1 N–H and O–H groups in total. The predicted octanol–water partition coefficient (Wildman–Crippen LogP) is 5.53. The maximum Gasteiger partial charge on any atom is 0.244 e. The zero-order valence-corrected chi connectivity index (χ0v) is 18.6. The molecule has 1 aliphatic heterocycles. The van der Waals surface area contributed by atoms with Crippen LogP contribution in [0.25, 0.3) is 0 Å². The van der Waals surface area contributed by atoms with Gasteiger partial charge >= 0.3 is 0 Å². The van der Waals surface area contributed by atoms with Gasteiger partial charge in [0.05, 0.1) is 19.2 Å². The lowest BCUT2D eigenvalue weighted by Crippen LogP contribution is -2.51. The predicted molar refractivity (Wildman–Crippen MR) is 126 cm³/mol. The van der Waals surface area contributed by atoms with Crippen LogP contribution >= 0.6 is 11.6 Å². The van der Waals surface area contributed by atoms with E-state index in [4.69, 9.17) is 16.3 Å². The molecule has 0 aliphatic carbocycles. The number of hydrogen-bond acceptors (Lipinski definition) is 3. The van der Waals surface area contributed by atoms with Crippen molar-refractivity contribution >= 4 is 23.2 Å². The number of hydrogen-bond donors (Lipinski definition) is 1. The largest absolute Gasteiger partial charge is 0.496 e. The lowest BCUT2D eigenvalue weighted by atomic mass is 9.94. The van der Waals surface area contributed by atoms with E-state index in [0.29, 0.717) is 5.02 Å². The Morgan fingerprint density at radius 2 is 1.84 bits per heavy atom. The van der Waals surface area contributed by atoms with Crippen LogP contribution in [0.2, 0.25) is 5.02 Å². The summed E-state index contributed by atoms with van der Waals surface area (Å²) in [6, 6.07) is 23.3. The standard InChI is InChI=1S/C26H27ClN2O2/c1-18-12-14-21(15-13-18)29-16-6-10-23(26(29)30)28-25(19-7-5-8-20(27)17-19)22-9-3-4-11-24(22)31-2/h3-5,7-9,11-15,17,23,25,28H,6,10,16H2,1-2H3. The van der Waals surface area contributed by atoms with Crippen molar-refractivity contribution in [3.05, 3.63) is 94.5 Å². The molecule has 1 amide bonds. The highest BCUT2D eigenvalue weighted by Crippen LogP contribution is 2.33. The molecule has 1 aliphatic rings. The van der Waals surface area contributed by atoms with Gasteiger partial charge in [-0.05, 0) is 55.7 Å². The number of ether oxygens (including phenoxy) is 1. The van der Waals surface area contributed by atoms with Gasteiger partial charge in [-0.25, -0.2) is 0 Å². The molecule has 0 spiro atoms. The zero-order chi connectivity index (χ0) is 21.8. The quantitative estimate of drug-likeness (QED) is 0.554. The fourth-order valence-corrected chi connectivity index (χ4v) is 4.37. The number of carbonyl (C=O) groups excluding carboxylic acids is 1. The maximum atomic E-state index is 13.4. The van der Waals surface area contributed by atoms with Gasteiger partial charge in [-0.15, -0.1) is 0 Å². The Balaban J connectivity index is 1.66. The molecule has 1 fully saturated rings. The Hall–Kier alpha value is -2.82. The van der Waals surface area contributed by atoms with Crippen LogP contribution in [0.5, 0.6) is 5.75 Å². The van der Waals surface area contributed by atoms with E-state index in [1.165, 1.54) is 5.56 Å². The van der Waals surface area contributed by atoms with E-state index in [0.717, 1.165) is 42.0 Å². The first-order chi connectivity index (χ1) is 15.1. The molecule has 3 aromatic rings. The molecule has 5 heteroatoms. The number of rotatable bonds is 6. The summed E-state index contributed by atoms with van der Waals surface area (Å²) < 4.78 is 5.63. The van der Waals surface area contributed by atoms with E-state index in [9.17, 15) is 4.79 Å². The van der Waals surface area contributed by atoms with Crippen molar-refractivity contribution in [2.45, 2.75) is 31.8 Å². The Labute approximate surface area is 188 Å². The van der Waals surface area contributed by atoms with E-state index in [-0.39, 0.29) is 18.0 Å². The van der Waals surface area contributed by atoms with Gasteiger partial charge in [-0.2, -0.15) is 0 Å². The van der Waals surface area contributed by atoms with Crippen molar-refractivity contribution in [1.29, 1.82) is 0 Å². The van der Waals surface area contributed by atoms with Crippen molar-refractivity contribution in [2.24, 2.45) is 0 Å². The van der Waals surface area contributed by atoms with Crippen molar-refractivity contribution in [2.75, 3.05) is 18.6 Å². The second-order valence-electron chi connectivity index (χ2n) is 7.92. The number of para-hydroxylation sites is 1. The number of anilines is 1. The Morgan fingerprint density at radius 3 is 2.58 bits per heavy atom. The van der Waals surface area contributed by atoms with E-state index >= 15 is 0 Å². The van der Waals surface area contributed by atoms with Gasteiger partial charge in [0.2, 0.25) is 5.91 Å². The van der Waals surface area contributed by atoms with Crippen LogP contribution in [0.1, 0.15) is 35.6 Å². The molecule has 0 aromatic heterocycles. The van der Waals surface area contributed by atoms with Gasteiger partial charge in [0.1, 0.15) is 5.75 Å². The first kappa shape index (κ1) is 21.4. The molecule has 0 bridgehead atoms. The highest BCUT2D eigenvalue weighted by molar-refractivity contribution is 6.30. The van der Waals surface area contributed by atoms with E-state index < -0.39 is 0 Å². The van der Waals surface area contributed by atoms with Crippen LogP contribution in [0, 0.1) is 6.92 Å². The van der Waals surface area contributed by atoms with Crippen molar-refractivity contribution < 1.29 is 9.53 Å². The first-order valence-electron chi connectivity index (χ1n) is 10.6. The summed E-state index contributed by atoms with van der Waals surface area (Å²) in [5.41, 5.74) is 4.10. The third kappa shape index (κ3) is 4.76. The SMILES string of the molecule is COc1ccccc1C(NC1CCCN(c2ccc(C)cc2)C1=O)c1cccc(Cl)c1. The summed E-state index contributed by atoms with van der Waals surface area (Å²) in [4.78, 5) is 15.3. The smallest absolute Gasteiger partial charge is 0.244 e. The number of benzene rings is 3. The molecule has 2 atom stereocenters. The minimum atomic E-state index is -0.302. The highest BCUT2D eigenvalue weighted by atomic mass is 35.5. The van der Waals surface area contributed by atoms with Gasteiger partial charge in [-0.3, -0.25) is 10.1 Å². The van der Waals surface area contributed by atoms with Crippen LogP contribution in [0.3, 0.4) is 0 Å². The average Bonchev–Trinajstić information content (AvgIpc) is 2.79. The Bertz CT molecular complexity index is 1050. The van der Waals surface area contributed by atoms with Crippen molar-refractivity contribution in [1.82, 2.24) is 5.32 Å². The normalized spacial score (nSPS) is 17.5. The molecule has 2 unspecified atom stereocenters. The van der Waals surface area contributed by atoms with Gasteiger partial charge in [0, 0.05) is 22.8 Å². The molecule has 1 saturated heterocycles. The summed E-state index contributed by atoms with van der Waals surface area (Å²) in [6.07, 6.45) is 1.72. The molecule has 0 radical (unpaired) electrons. The molecular formula is C26H27ClN2O2. The van der Waals surface area contributed by atoms with Gasteiger partial charge in [0.15, 0.2) is 0 Å². The van der Waals surface area contributed by atoms with Crippen molar-refractivity contribution in [3.63, 3.8) is 0 Å². The Morgan fingerprint density at radius 1 is 1.06 bits per heavy atom. The van der Waals surface area contributed by atoms with Crippen LogP contribution < -0.4 is 15.0 Å². The van der Waals surface area contributed by atoms with Crippen LogP contribution in [0.15, 0.2) is 72.8 Å². The number of amides is 1. The summed E-state index contributed by atoms with van der Waals surface area (Å²) >= 11 is 6.30. The topological polar surface area (TPSA) is 41.6 Å².